The molecule has 9 heteroatoms. The molecule has 1 saturated carbocycles. The van der Waals surface area contributed by atoms with Gasteiger partial charge in [-0.05, 0) is 19.3 Å². The van der Waals surface area contributed by atoms with Crippen LogP contribution in [-0.2, 0) is 26.1 Å². The zero-order valence-electron chi connectivity index (χ0n) is 11.1. The molecular weight excluding hydrogens is 286 g/mol. The number of sulfonamides is 1. The predicted octanol–water partition coefficient (Wildman–Crippen LogP) is -0.185. The lowest BCUT2D eigenvalue weighted by Crippen LogP contribution is -2.49. The first-order chi connectivity index (χ1) is 9.37. The Morgan fingerprint density at radius 2 is 2.30 bits per heavy atom. The third kappa shape index (κ3) is 3.17. The van der Waals surface area contributed by atoms with Crippen molar-refractivity contribution in [2.75, 3.05) is 13.7 Å². The minimum Gasteiger partial charge on any atom is -0.480 e. The summed E-state index contributed by atoms with van der Waals surface area (Å²) in [5.74, 6) is -1.09. The summed E-state index contributed by atoms with van der Waals surface area (Å²) in [5, 5.41) is 12.3. The summed E-state index contributed by atoms with van der Waals surface area (Å²) in [7, 11) is -2.13. The molecule has 2 rings (SSSR count). The summed E-state index contributed by atoms with van der Waals surface area (Å²) in [4.78, 5) is 10.5. The van der Waals surface area contributed by atoms with Crippen molar-refractivity contribution in [2.24, 2.45) is 0 Å². The van der Waals surface area contributed by atoms with Gasteiger partial charge in [0, 0.05) is 19.9 Å². The van der Waals surface area contributed by atoms with Crippen molar-refractivity contribution in [1.29, 1.82) is 0 Å². The number of rotatable bonds is 7. The van der Waals surface area contributed by atoms with Gasteiger partial charge in [-0.25, -0.2) is 13.1 Å². The van der Waals surface area contributed by atoms with Gasteiger partial charge in [0.25, 0.3) is 0 Å². The second-order valence-electron chi connectivity index (χ2n) is 4.83. The number of carboxylic acid groups (broad SMARTS) is 1. The Bertz CT molecular complexity index is 585. The summed E-state index contributed by atoms with van der Waals surface area (Å²) in [6.07, 6.45) is 4.99. The Labute approximate surface area is 116 Å². The molecule has 20 heavy (non-hydrogen) atoms. The van der Waals surface area contributed by atoms with E-state index in [2.05, 4.69) is 9.82 Å². The molecule has 0 amide bonds. The maximum atomic E-state index is 12.1. The highest BCUT2D eigenvalue weighted by molar-refractivity contribution is 7.89. The van der Waals surface area contributed by atoms with E-state index in [1.54, 1.807) is 7.11 Å². The monoisotopic (exact) mass is 303 g/mol. The zero-order valence-corrected chi connectivity index (χ0v) is 11.9. The Morgan fingerprint density at radius 1 is 1.60 bits per heavy atom. The number of aromatic nitrogens is 2. The Hall–Kier alpha value is -1.45. The van der Waals surface area contributed by atoms with Crippen LogP contribution in [0, 0.1) is 0 Å². The van der Waals surface area contributed by atoms with Crippen LogP contribution in [0.1, 0.15) is 19.3 Å². The first kappa shape index (κ1) is 14.9. The van der Waals surface area contributed by atoms with E-state index in [1.807, 2.05) is 0 Å². The fourth-order valence-corrected chi connectivity index (χ4v) is 3.11. The van der Waals surface area contributed by atoms with Gasteiger partial charge in [-0.15, -0.1) is 0 Å². The molecule has 0 bridgehead atoms. The molecule has 0 radical (unpaired) electrons. The lowest BCUT2D eigenvalue weighted by molar-refractivity contribution is -0.137. The van der Waals surface area contributed by atoms with Gasteiger partial charge >= 0.3 is 5.97 Å². The molecule has 1 fully saturated rings. The van der Waals surface area contributed by atoms with Crippen LogP contribution in [-0.4, -0.2) is 48.5 Å². The number of carboxylic acids is 1. The molecule has 1 aromatic heterocycles. The maximum Gasteiger partial charge on any atom is 0.325 e. The second-order valence-corrected chi connectivity index (χ2v) is 6.60. The number of hydrogen-bond acceptors (Lipinski definition) is 5. The number of aliphatic carboxylic acids is 1. The average molecular weight is 303 g/mol. The van der Waals surface area contributed by atoms with Crippen LogP contribution < -0.4 is 4.72 Å². The van der Waals surface area contributed by atoms with Gasteiger partial charge in [0.2, 0.25) is 10.0 Å². The van der Waals surface area contributed by atoms with Crippen LogP contribution in [0.25, 0.3) is 0 Å². The SMILES string of the molecule is COC1(CNS(=O)(=O)c2cnn(CC(=O)O)c2)CCC1. The van der Waals surface area contributed by atoms with Gasteiger partial charge in [0.05, 0.1) is 11.8 Å². The smallest absolute Gasteiger partial charge is 0.325 e. The van der Waals surface area contributed by atoms with Crippen molar-refractivity contribution in [3.8, 4) is 0 Å². The highest BCUT2D eigenvalue weighted by Crippen LogP contribution is 2.34. The molecule has 1 aliphatic rings. The largest absolute Gasteiger partial charge is 0.480 e. The van der Waals surface area contributed by atoms with Crippen LogP contribution in [0.5, 0.6) is 0 Å². The molecule has 0 unspecified atom stereocenters. The fourth-order valence-electron chi connectivity index (χ4n) is 2.04. The number of nitrogens with zero attached hydrogens (tertiary/aromatic N) is 2. The lowest BCUT2D eigenvalue weighted by Gasteiger charge is -2.40. The maximum absolute atomic E-state index is 12.1. The first-order valence-electron chi connectivity index (χ1n) is 6.16. The van der Waals surface area contributed by atoms with Crippen molar-refractivity contribution in [1.82, 2.24) is 14.5 Å². The fraction of sp³-hybridized carbons (Fsp3) is 0.636. The second kappa shape index (κ2) is 5.51. The van der Waals surface area contributed by atoms with E-state index in [1.165, 1.54) is 6.20 Å². The van der Waals surface area contributed by atoms with Crippen LogP contribution in [0.4, 0.5) is 0 Å². The predicted molar refractivity (Wildman–Crippen MR) is 68.6 cm³/mol. The minimum atomic E-state index is -3.70. The van der Waals surface area contributed by atoms with Crippen molar-refractivity contribution in [2.45, 2.75) is 36.3 Å². The van der Waals surface area contributed by atoms with Gasteiger partial charge in [-0.1, -0.05) is 0 Å². The van der Waals surface area contributed by atoms with Crippen molar-refractivity contribution in [3.63, 3.8) is 0 Å². The normalized spacial score (nSPS) is 17.6. The van der Waals surface area contributed by atoms with E-state index in [0.29, 0.717) is 0 Å². The Balaban J connectivity index is 2.02. The number of ether oxygens (including phenoxy) is 1. The van der Waals surface area contributed by atoms with Gasteiger partial charge in [-0.2, -0.15) is 5.10 Å². The lowest BCUT2D eigenvalue weighted by atomic mass is 9.80. The van der Waals surface area contributed by atoms with Crippen LogP contribution >= 0.6 is 0 Å². The van der Waals surface area contributed by atoms with E-state index in [4.69, 9.17) is 9.84 Å². The molecule has 2 N–H and O–H groups in total. The first-order valence-corrected chi connectivity index (χ1v) is 7.64. The van der Waals surface area contributed by atoms with Crippen LogP contribution in [0.2, 0.25) is 0 Å². The number of methoxy groups -OCH3 is 1. The third-order valence-corrected chi connectivity index (χ3v) is 4.86. The topological polar surface area (TPSA) is 111 Å². The molecule has 0 saturated heterocycles. The van der Waals surface area contributed by atoms with Crippen LogP contribution in [0.3, 0.4) is 0 Å². The summed E-state index contributed by atoms with van der Waals surface area (Å²) < 4.78 is 33.0. The van der Waals surface area contributed by atoms with Gasteiger partial charge in [0.15, 0.2) is 0 Å². The molecule has 0 spiro atoms. The number of hydrogen-bond donors (Lipinski definition) is 2. The molecular formula is C11H17N3O5S. The van der Waals surface area contributed by atoms with Crippen LogP contribution in [0.15, 0.2) is 17.3 Å². The highest BCUT2D eigenvalue weighted by atomic mass is 32.2. The van der Waals surface area contributed by atoms with E-state index in [-0.39, 0.29) is 18.0 Å². The Kier molecular flexibility index (Phi) is 4.11. The molecule has 112 valence electrons. The minimum absolute atomic E-state index is 0.0515. The van der Waals surface area contributed by atoms with Crippen molar-refractivity contribution >= 4 is 16.0 Å². The van der Waals surface area contributed by atoms with Gasteiger partial charge in [-0.3, -0.25) is 9.48 Å². The van der Waals surface area contributed by atoms with E-state index in [9.17, 15) is 13.2 Å². The van der Waals surface area contributed by atoms with E-state index in [0.717, 1.165) is 30.1 Å². The average Bonchev–Trinajstić information content (AvgIpc) is 2.76. The zero-order chi connectivity index (χ0) is 14.8. The quantitative estimate of drug-likeness (QED) is 0.722. The standard InChI is InChI=1S/C11H17N3O5S/c1-19-11(3-2-4-11)8-13-20(17,18)9-5-12-14(6-9)7-10(15)16/h5-6,13H,2-4,7-8H2,1H3,(H,15,16). The molecule has 1 heterocycles. The van der Waals surface area contributed by atoms with E-state index < -0.39 is 21.6 Å². The molecule has 8 nitrogen and oxygen atoms in total. The third-order valence-electron chi connectivity index (χ3n) is 3.50. The molecule has 1 aliphatic carbocycles. The van der Waals surface area contributed by atoms with Crippen molar-refractivity contribution < 1.29 is 23.1 Å². The van der Waals surface area contributed by atoms with E-state index >= 15 is 0 Å². The molecule has 0 aromatic carbocycles. The highest BCUT2D eigenvalue weighted by Gasteiger charge is 2.38. The summed E-state index contributed by atoms with van der Waals surface area (Å²) >= 11 is 0. The molecule has 0 aliphatic heterocycles. The Morgan fingerprint density at radius 3 is 2.80 bits per heavy atom. The van der Waals surface area contributed by atoms with Gasteiger partial charge in [0.1, 0.15) is 11.4 Å². The number of nitrogens with one attached hydrogen (secondary N) is 1. The van der Waals surface area contributed by atoms with Gasteiger partial charge < -0.3 is 9.84 Å². The summed E-state index contributed by atoms with van der Waals surface area (Å²) in [6, 6.07) is 0. The number of carbonyl (C=O) groups is 1. The summed E-state index contributed by atoms with van der Waals surface area (Å²) in [5.41, 5.74) is -0.413. The summed E-state index contributed by atoms with van der Waals surface area (Å²) in [6.45, 7) is -0.173. The molecule has 1 aromatic rings. The molecule has 0 atom stereocenters. The van der Waals surface area contributed by atoms with Crippen molar-refractivity contribution in [3.05, 3.63) is 12.4 Å².